The number of rotatable bonds is 2. The molecule has 4 aliphatic carbocycles. The Morgan fingerprint density at radius 2 is 1.92 bits per heavy atom. The number of aliphatic carboxylic acids is 2. The highest BCUT2D eigenvalue weighted by atomic mass is 16.6. The van der Waals surface area contributed by atoms with Gasteiger partial charge in [0.15, 0.2) is 5.41 Å². The topological polar surface area (TPSA) is 121 Å². The van der Waals surface area contributed by atoms with E-state index in [9.17, 15) is 29.7 Å². The van der Waals surface area contributed by atoms with Crippen LogP contribution in [0.1, 0.15) is 44.9 Å². The van der Waals surface area contributed by atoms with Crippen LogP contribution in [0.25, 0.3) is 0 Å². The van der Waals surface area contributed by atoms with Crippen molar-refractivity contribution < 1.29 is 34.4 Å². The lowest BCUT2D eigenvalue weighted by Gasteiger charge is -2.45. The smallest absolute Gasteiger partial charge is 0.324 e. The molecule has 5 fully saturated rings. The molecule has 5 aliphatic rings. The molecule has 1 aliphatic heterocycles. The standard InChI is InChI=1S/C19H22O7/c1-9-7-16-8-17(9,25)6-3-10(16)19-5-2-4-18(14(22)23,15(24)26-19)12(19)11(16)13(20)21/h10-12,25H,1-8H2,(H,20,21)(H,22,23). The van der Waals surface area contributed by atoms with Crippen molar-refractivity contribution in [3.05, 3.63) is 12.2 Å². The maximum absolute atomic E-state index is 12.7. The zero-order valence-corrected chi connectivity index (χ0v) is 14.4. The largest absolute Gasteiger partial charge is 0.481 e. The van der Waals surface area contributed by atoms with E-state index in [0.29, 0.717) is 37.7 Å². The molecular formula is C19H22O7. The van der Waals surface area contributed by atoms with E-state index in [0.717, 1.165) is 0 Å². The fourth-order valence-corrected chi connectivity index (χ4v) is 7.70. The molecule has 0 amide bonds. The van der Waals surface area contributed by atoms with E-state index in [1.807, 2.05) is 0 Å². The molecule has 0 aromatic carbocycles. The average molecular weight is 362 g/mol. The fourth-order valence-electron chi connectivity index (χ4n) is 7.70. The highest BCUT2D eigenvalue weighted by Crippen LogP contribution is 2.78. The van der Waals surface area contributed by atoms with Crippen LogP contribution < -0.4 is 0 Å². The summed E-state index contributed by atoms with van der Waals surface area (Å²) >= 11 is 0. The second-order valence-corrected chi connectivity index (χ2v) is 9.08. The van der Waals surface area contributed by atoms with Gasteiger partial charge in [-0.1, -0.05) is 6.58 Å². The van der Waals surface area contributed by atoms with Gasteiger partial charge in [-0.3, -0.25) is 14.4 Å². The molecule has 7 heteroatoms. The van der Waals surface area contributed by atoms with Crippen LogP contribution in [0.5, 0.6) is 0 Å². The van der Waals surface area contributed by atoms with Gasteiger partial charge >= 0.3 is 17.9 Å². The molecule has 0 aromatic rings. The van der Waals surface area contributed by atoms with E-state index in [1.54, 1.807) is 0 Å². The van der Waals surface area contributed by atoms with Gasteiger partial charge in [0.25, 0.3) is 0 Å². The third-order valence-electron chi connectivity index (χ3n) is 8.40. The summed E-state index contributed by atoms with van der Waals surface area (Å²) in [6.45, 7) is 4.00. The summed E-state index contributed by atoms with van der Waals surface area (Å²) in [7, 11) is 0. The Bertz CT molecular complexity index is 789. The van der Waals surface area contributed by atoms with Crippen LogP contribution in [0.2, 0.25) is 0 Å². The van der Waals surface area contributed by atoms with Gasteiger partial charge in [0.05, 0.1) is 11.5 Å². The van der Waals surface area contributed by atoms with E-state index in [-0.39, 0.29) is 18.8 Å². The lowest BCUT2D eigenvalue weighted by atomic mass is 9.59. The van der Waals surface area contributed by atoms with E-state index in [2.05, 4.69) is 6.58 Å². The predicted molar refractivity (Wildman–Crippen MR) is 85.8 cm³/mol. The van der Waals surface area contributed by atoms with Crippen LogP contribution in [0, 0.1) is 28.6 Å². The van der Waals surface area contributed by atoms with Crippen LogP contribution in [0.15, 0.2) is 12.2 Å². The molecule has 140 valence electrons. The molecule has 26 heavy (non-hydrogen) atoms. The number of esters is 1. The number of aliphatic hydroxyl groups is 1. The van der Waals surface area contributed by atoms with Gasteiger partial charge in [-0.2, -0.15) is 0 Å². The van der Waals surface area contributed by atoms with Crippen LogP contribution in [-0.2, 0) is 19.1 Å². The molecule has 4 bridgehead atoms. The molecule has 3 N–H and O–H groups in total. The zero-order valence-electron chi connectivity index (χ0n) is 14.4. The molecule has 0 aromatic heterocycles. The van der Waals surface area contributed by atoms with Gasteiger partial charge in [0.2, 0.25) is 0 Å². The van der Waals surface area contributed by atoms with Crippen molar-refractivity contribution in [3.63, 3.8) is 0 Å². The lowest BCUT2D eigenvalue weighted by molar-refractivity contribution is -0.169. The monoisotopic (exact) mass is 362 g/mol. The summed E-state index contributed by atoms with van der Waals surface area (Å²) in [4.78, 5) is 37.4. The van der Waals surface area contributed by atoms with Crippen molar-refractivity contribution in [3.8, 4) is 0 Å². The van der Waals surface area contributed by atoms with E-state index >= 15 is 0 Å². The molecular weight excluding hydrogens is 340 g/mol. The summed E-state index contributed by atoms with van der Waals surface area (Å²) in [6.07, 6.45) is 2.75. The number of fused-ring (bicyclic) bond motifs is 1. The number of hydrogen-bond donors (Lipinski definition) is 3. The summed E-state index contributed by atoms with van der Waals surface area (Å²) < 4.78 is 5.83. The van der Waals surface area contributed by atoms with Crippen LogP contribution >= 0.6 is 0 Å². The first kappa shape index (κ1) is 16.3. The van der Waals surface area contributed by atoms with Gasteiger partial charge < -0.3 is 20.1 Å². The van der Waals surface area contributed by atoms with Crippen molar-refractivity contribution in [1.29, 1.82) is 0 Å². The summed E-state index contributed by atoms with van der Waals surface area (Å²) in [6, 6.07) is 0. The first-order valence-electron chi connectivity index (χ1n) is 9.24. The van der Waals surface area contributed by atoms with Crippen LogP contribution in [0.3, 0.4) is 0 Å². The first-order valence-corrected chi connectivity index (χ1v) is 9.24. The minimum absolute atomic E-state index is 0.116. The highest BCUT2D eigenvalue weighted by molar-refractivity contribution is 6.03. The number of carboxylic acid groups (broad SMARTS) is 2. The molecule has 1 heterocycles. The molecule has 4 saturated carbocycles. The molecule has 1 spiro atoms. The predicted octanol–water partition coefficient (Wildman–Crippen LogP) is 1.34. The third kappa shape index (κ3) is 1.39. The summed E-state index contributed by atoms with van der Waals surface area (Å²) in [5.74, 6) is -5.29. The Hall–Kier alpha value is -1.89. The van der Waals surface area contributed by atoms with Crippen molar-refractivity contribution in [2.45, 2.75) is 56.1 Å². The molecule has 7 atom stereocenters. The van der Waals surface area contributed by atoms with Gasteiger partial charge in [0, 0.05) is 11.8 Å². The van der Waals surface area contributed by atoms with Crippen molar-refractivity contribution in [1.82, 2.24) is 0 Å². The number of hydrogen-bond acceptors (Lipinski definition) is 5. The minimum Gasteiger partial charge on any atom is -0.481 e. The van der Waals surface area contributed by atoms with Crippen LogP contribution in [0.4, 0.5) is 0 Å². The SMILES string of the molecule is C=C1CC23CC1(O)CCC2C12CCCC(C(=O)O)(C(=O)O1)C2C3C(=O)O. The Morgan fingerprint density at radius 1 is 1.19 bits per heavy atom. The Morgan fingerprint density at radius 3 is 2.58 bits per heavy atom. The van der Waals surface area contributed by atoms with Crippen molar-refractivity contribution in [2.24, 2.45) is 28.6 Å². The average Bonchev–Trinajstić information content (AvgIpc) is 2.94. The third-order valence-corrected chi connectivity index (χ3v) is 8.40. The van der Waals surface area contributed by atoms with E-state index in [1.165, 1.54) is 0 Å². The molecule has 1 saturated heterocycles. The van der Waals surface area contributed by atoms with E-state index < -0.39 is 51.8 Å². The lowest BCUT2D eigenvalue weighted by Crippen LogP contribution is -2.51. The molecule has 0 radical (unpaired) electrons. The Balaban J connectivity index is 1.78. The maximum atomic E-state index is 12.7. The number of ether oxygens (including phenoxy) is 1. The molecule has 7 unspecified atom stereocenters. The fraction of sp³-hybridized carbons (Fsp3) is 0.737. The van der Waals surface area contributed by atoms with E-state index in [4.69, 9.17) is 4.74 Å². The second-order valence-electron chi connectivity index (χ2n) is 9.08. The summed E-state index contributed by atoms with van der Waals surface area (Å²) in [5.41, 5.74) is -4.06. The first-order chi connectivity index (χ1) is 12.1. The normalized spacial score (nSPS) is 53.8. The highest BCUT2D eigenvalue weighted by Gasteiger charge is 2.85. The zero-order chi connectivity index (χ0) is 18.7. The Labute approximate surface area is 150 Å². The number of carbonyl (C=O) groups excluding carboxylic acids is 1. The number of carboxylic acids is 2. The van der Waals surface area contributed by atoms with Gasteiger partial charge in [0.1, 0.15) is 5.60 Å². The van der Waals surface area contributed by atoms with Crippen molar-refractivity contribution in [2.75, 3.05) is 0 Å². The molecule has 7 nitrogen and oxygen atoms in total. The molecule has 5 rings (SSSR count). The minimum atomic E-state index is -1.78. The number of carbonyl (C=O) groups is 3. The van der Waals surface area contributed by atoms with Crippen molar-refractivity contribution >= 4 is 17.9 Å². The maximum Gasteiger partial charge on any atom is 0.324 e. The Kier molecular flexibility index (Phi) is 2.71. The van der Waals surface area contributed by atoms with Gasteiger partial charge in [-0.05, 0) is 55.9 Å². The quantitative estimate of drug-likeness (QED) is 0.385. The second kappa shape index (κ2) is 4.32. The van der Waals surface area contributed by atoms with Gasteiger partial charge in [-0.25, -0.2) is 0 Å². The van der Waals surface area contributed by atoms with Crippen LogP contribution in [-0.4, -0.2) is 44.4 Å². The van der Waals surface area contributed by atoms with Gasteiger partial charge in [-0.15, -0.1) is 0 Å². The summed E-state index contributed by atoms with van der Waals surface area (Å²) in [5, 5.41) is 31.1.